The van der Waals surface area contributed by atoms with E-state index in [0.29, 0.717) is 5.56 Å². The van der Waals surface area contributed by atoms with Crippen molar-refractivity contribution in [2.24, 2.45) is 11.8 Å². The Hall–Kier alpha value is -1.41. The minimum absolute atomic E-state index is 0.150. The highest BCUT2D eigenvalue weighted by Crippen LogP contribution is 2.77. The van der Waals surface area contributed by atoms with Crippen molar-refractivity contribution in [3.63, 3.8) is 0 Å². The van der Waals surface area contributed by atoms with E-state index in [0.717, 1.165) is 16.3 Å². The first-order chi connectivity index (χ1) is 15.8. The molecule has 2 heterocycles. The molecule has 12 heteroatoms. The van der Waals surface area contributed by atoms with Gasteiger partial charge in [0, 0.05) is 17.0 Å². The van der Waals surface area contributed by atoms with E-state index in [9.17, 15) is 14.4 Å². The maximum Gasteiger partial charge on any atom is 0.270 e. The molecule has 1 aromatic heterocycles. The van der Waals surface area contributed by atoms with Crippen LogP contribution in [0.15, 0.2) is 46.5 Å². The molecular formula is C22H15Cl6N3O3. The second-order valence-corrected chi connectivity index (χ2v) is 11.8. The van der Waals surface area contributed by atoms with Crippen LogP contribution < -0.4 is 10.3 Å². The smallest absolute Gasteiger partial charge is 0.270 e. The zero-order chi connectivity index (χ0) is 25.0. The summed E-state index contributed by atoms with van der Waals surface area (Å²) in [7, 11) is 0. The molecule has 2 fully saturated rings. The zero-order valence-corrected chi connectivity index (χ0v) is 22.0. The van der Waals surface area contributed by atoms with Crippen LogP contribution in [0.25, 0.3) is 0 Å². The summed E-state index contributed by atoms with van der Waals surface area (Å²) >= 11 is 39.1. The Kier molecular flexibility index (Phi) is 5.39. The second-order valence-electron chi connectivity index (χ2n) is 8.53. The molecule has 1 N–H and O–H groups in total. The summed E-state index contributed by atoms with van der Waals surface area (Å²) in [6, 6.07) is 9.72. The van der Waals surface area contributed by atoms with Crippen LogP contribution in [0.3, 0.4) is 0 Å². The molecule has 3 amide bonds. The number of imide groups is 1. The van der Waals surface area contributed by atoms with Gasteiger partial charge in [-0.05, 0) is 50.2 Å². The van der Waals surface area contributed by atoms with Crippen molar-refractivity contribution in [1.29, 1.82) is 0 Å². The number of hydrogen-bond donors (Lipinski definition) is 1. The van der Waals surface area contributed by atoms with Gasteiger partial charge >= 0.3 is 0 Å². The summed E-state index contributed by atoms with van der Waals surface area (Å²) in [6.45, 7) is 3.73. The number of fused-ring (bicyclic) bond motifs is 5. The highest BCUT2D eigenvalue weighted by atomic mass is 35.5. The fourth-order valence-corrected chi connectivity index (χ4v) is 7.95. The summed E-state index contributed by atoms with van der Waals surface area (Å²) in [6.07, 6.45) is 0. The van der Waals surface area contributed by atoms with E-state index in [-0.39, 0.29) is 21.7 Å². The lowest BCUT2D eigenvalue weighted by molar-refractivity contribution is -0.123. The number of aryl methyl sites for hydroxylation is 2. The molecule has 0 spiro atoms. The van der Waals surface area contributed by atoms with Crippen LogP contribution in [-0.4, -0.2) is 36.5 Å². The fourth-order valence-electron chi connectivity index (χ4n) is 5.02. The van der Waals surface area contributed by atoms with E-state index < -0.39 is 37.7 Å². The maximum absolute atomic E-state index is 13.4. The average Bonchev–Trinajstić information content (AvgIpc) is 3.33. The molecule has 4 atom stereocenters. The first-order valence-corrected chi connectivity index (χ1v) is 12.3. The largest absolute Gasteiger partial charge is 0.274 e. The Morgan fingerprint density at radius 3 is 1.71 bits per heavy atom. The maximum atomic E-state index is 13.4. The van der Waals surface area contributed by atoms with Crippen LogP contribution in [0.4, 0.5) is 5.69 Å². The fraction of sp³-hybridized carbons (Fsp3) is 0.318. The van der Waals surface area contributed by atoms with E-state index in [1.165, 1.54) is 24.3 Å². The van der Waals surface area contributed by atoms with Gasteiger partial charge in [-0.2, -0.15) is 0 Å². The van der Waals surface area contributed by atoms with Gasteiger partial charge in [-0.1, -0.05) is 46.4 Å². The Bertz CT molecular complexity index is 1250. The molecule has 1 aromatic carbocycles. The number of amides is 3. The van der Waals surface area contributed by atoms with Gasteiger partial charge in [-0.3, -0.25) is 24.5 Å². The van der Waals surface area contributed by atoms with Gasteiger partial charge in [-0.25, -0.2) is 4.90 Å². The molecule has 2 aromatic rings. The van der Waals surface area contributed by atoms with Crippen LogP contribution in [-0.2, 0) is 9.59 Å². The minimum Gasteiger partial charge on any atom is -0.274 e. The predicted molar refractivity (Wildman–Crippen MR) is 134 cm³/mol. The number of allylic oxidation sites excluding steroid dienone is 2. The molecule has 0 unspecified atom stereocenters. The summed E-state index contributed by atoms with van der Waals surface area (Å²) in [5, 5.41) is -0.301. The summed E-state index contributed by atoms with van der Waals surface area (Å²) in [5.41, 5.74) is 5.08. The standard InChI is InChI=1S/C22H15Cl6N3O3/c1-9-3-4-10(2)31(9)29-17(32)11-5-7-12(8-6-11)30-18(33)13-14(19(30)34)21(26)16(24)15(23)20(13,25)22(21,27)28/h3-8,13-14H,1-2H3,(H,29,32)/t13-,14-,20-,21-/m1/s1. The molecule has 3 aliphatic rings. The van der Waals surface area contributed by atoms with Crippen molar-refractivity contribution < 1.29 is 14.4 Å². The zero-order valence-electron chi connectivity index (χ0n) is 17.5. The first kappa shape index (κ1) is 24.3. The number of anilines is 1. The molecule has 5 rings (SSSR count). The summed E-state index contributed by atoms with van der Waals surface area (Å²) < 4.78 is -0.327. The number of carbonyl (C=O) groups is 3. The topological polar surface area (TPSA) is 71.4 Å². The number of nitrogens with zero attached hydrogens (tertiary/aromatic N) is 2. The lowest BCUT2D eigenvalue weighted by Crippen LogP contribution is -2.50. The van der Waals surface area contributed by atoms with Crippen LogP contribution in [0.1, 0.15) is 21.7 Å². The Morgan fingerprint density at radius 1 is 0.824 bits per heavy atom. The Balaban J connectivity index is 1.46. The van der Waals surface area contributed by atoms with Crippen molar-refractivity contribution in [2.75, 3.05) is 10.3 Å². The minimum atomic E-state index is -1.99. The molecule has 34 heavy (non-hydrogen) atoms. The summed E-state index contributed by atoms with van der Waals surface area (Å²) in [4.78, 5) is 36.7. The van der Waals surface area contributed by atoms with Crippen LogP contribution in [0.2, 0.25) is 0 Å². The van der Waals surface area contributed by atoms with Crippen LogP contribution in [0, 0.1) is 25.7 Å². The SMILES string of the molecule is Cc1ccc(C)n1NC(=O)c1ccc(N2C(=O)[C@H]3[C@H](C2=O)[C@@]2(Cl)C(Cl)=C(Cl)[C@@]3(Cl)C2(Cl)Cl)cc1. The van der Waals surface area contributed by atoms with Crippen molar-refractivity contribution in [3.05, 3.63) is 63.4 Å². The third kappa shape index (κ3) is 2.70. The van der Waals surface area contributed by atoms with Gasteiger partial charge in [0.15, 0.2) is 4.33 Å². The lowest BCUT2D eigenvalue weighted by Gasteiger charge is -2.34. The molecule has 1 saturated heterocycles. The van der Waals surface area contributed by atoms with E-state index in [1.807, 2.05) is 26.0 Å². The number of halogens is 6. The van der Waals surface area contributed by atoms with Crippen molar-refractivity contribution >= 4 is 93.0 Å². The van der Waals surface area contributed by atoms with Crippen LogP contribution >= 0.6 is 69.6 Å². The number of nitrogens with one attached hydrogen (secondary N) is 1. The van der Waals surface area contributed by atoms with E-state index in [2.05, 4.69) is 5.43 Å². The van der Waals surface area contributed by atoms with Gasteiger partial charge in [0.25, 0.3) is 5.91 Å². The molecular weight excluding hydrogens is 567 g/mol. The Labute approximate surface area is 224 Å². The number of alkyl halides is 4. The van der Waals surface area contributed by atoms with Gasteiger partial charge in [0.05, 0.1) is 27.6 Å². The third-order valence-electron chi connectivity index (χ3n) is 6.78. The van der Waals surface area contributed by atoms with Crippen molar-refractivity contribution in [1.82, 2.24) is 4.68 Å². The molecule has 1 aliphatic heterocycles. The van der Waals surface area contributed by atoms with Gasteiger partial charge in [0.2, 0.25) is 11.8 Å². The number of hydrogen-bond acceptors (Lipinski definition) is 3. The predicted octanol–water partition coefficient (Wildman–Crippen LogP) is 5.44. The molecule has 1 saturated carbocycles. The average molecular weight is 582 g/mol. The first-order valence-electron chi connectivity index (χ1n) is 10.1. The highest BCUT2D eigenvalue weighted by Gasteiger charge is 2.87. The summed E-state index contributed by atoms with van der Waals surface area (Å²) in [5.74, 6) is -4.11. The molecule has 0 radical (unpaired) electrons. The second kappa shape index (κ2) is 7.55. The molecule has 2 aliphatic carbocycles. The molecule has 6 nitrogen and oxygen atoms in total. The van der Waals surface area contributed by atoms with E-state index in [4.69, 9.17) is 69.6 Å². The van der Waals surface area contributed by atoms with Gasteiger partial charge in [0.1, 0.15) is 9.75 Å². The Morgan fingerprint density at radius 2 is 1.26 bits per heavy atom. The molecule has 2 bridgehead atoms. The van der Waals surface area contributed by atoms with E-state index in [1.54, 1.807) is 4.68 Å². The lowest BCUT2D eigenvalue weighted by atomic mass is 9.84. The van der Waals surface area contributed by atoms with Crippen molar-refractivity contribution in [2.45, 2.75) is 27.9 Å². The number of carbonyl (C=O) groups excluding carboxylic acids is 3. The normalized spacial score (nSPS) is 31.5. The third-order valence-corrected chi connectivity index (χ3v) is 11.0. The van der Waals surface area contributed by atoms with Gasteiger partial charge in [-0.15, -0.1) is 23.2 Å². The number of aromatic nitrogens is 1. The molecule has 178 valence electrons. The van der Waals surface area contributed by atoms with E-state index >= 15 is 0 Å². The van der Waals surface area contributed by atoms with Gasteiger partial charge < -0.3 is 0 Å². The highest BCUT2D eigenvalue weighted by molar-refractivity contribution is 6.67. The number of benzene rings is 1. The van der Waals surface area contributed by atoms with Crippen LogP contribution in [0.5, 0.6) is 0 Å². The van der Waals surface area contributed by atoms with Crippen molar-refractivity contribution in [3.8, 4) is 0 Å². The number of rotatable bonds is 3. The monoisotopic (exact) mass is 579 g/mol. The quantitative estimate of drug-likeness (QED) is 0.388.